The molecule has 2 aromatic heterocycles. The predicted molar refractivity (Wildman–Crippen MR) is 85.6 cm³/mol. The number of urea groups is 1. The van der Waals surface area contributed by atoms with Crippen LogP contribution in [0.3, 0.4) is 0 Å². The first-order chi connectivity index (χ1) is 11.1. The first-order valence-electron chi connectivity index (χ1n) is 7.58. The lowest BCUT2D eigenvalue weighted by Crippen LogP contribution is -2.46. The zero-order valence-corrected chi connectivity index (χ0v) is 13.5. The Kier molecular flexibility index (Phi) is 3.19. The Morgan fingerprint density at radius 3 is 2.91 bits per heavy atom. The maximum atomic E-state index is 12.6. The summed E-state index contributed by atoms with van der Waals surface area (Å²) >= 11 is 1.46. The van der Waals surface area contributed by atoms with Gasteiger partial charge in [0.15, 0.2) is 0 Å². The molecular weight excluding hydrogens is 312 g/mol. The van der Waals surface area contributed by atoms with E-state index in [9.17, 15) is 9.59 Å². The molecule has 3 amide bonds. The van der Waals surface area contributed by atoms with E-state index in [0.29, 0.717) is 5.69 Å². The second-order valence-corrected chi connectivity index (χ2v) is 7.02. The van der Waals surface area contributed by atoms with Gasteiger partial charge in [-0.15, -0.1) is 11.3 Å². The highest BCUT2D eigenvalue weighted by Gasteiger charge is 2.55. The average Bonchev–Trinajstić information content (AvgIpc) is 3.28. The van der Waals surface area contributed by atoms with Gasteiger partial charge in [0.25, 0.3) is 5.91 Å². The SMILES string of the molecule is C[C@]1(C2CC2)NC(=O)N(Cc2csc(-c3ccccn3)n2)C1=O. The second-order valence-electron chi connectivity index (χ2n) is 6.16. The summed E-state index contributed by atoms with van der Waals surface area (Å²) in [6, 6.07) is 5.32. The number of nitrogens with zero attached hydrogens (tertiary/aromatic N) is 3. The zero-order valence-electron chi connectivity index (χ0n) is 12.7. The van der Waals surface area contributed by atoms with Crippen molar-refractivity contribution in [1.82, 2.24) is 20.2 Å². The molecule has 118 valence electrons. The fourth-order valence-electron chi connectivity index (χ4n) is 2.95. The number of hydrogen-bond acceptors (Lipinski definition) is 5. The van der Waals surface area contributed by atoms with E-state index in [1.807, 2.05) is 30.5 Å². The van der Waals surface area contributed by atoms with Crippen LogP contribution in [-0.4, -0.2) is 32.3 Å². The molecule has 2 aliphatic rings. The molecule has 1 N–H and O–H groups in total. The van der Waals surface area contributed by atoms with Crippen LogP contribution in [0.15, 0.2) is 29.8 Å². The number of hydrogen-bond donors (Lipinski definition) is 1. The summed E-state index contributed by atoms with van der Waals surface area (Å²) < 4.78 is 0. The largest absolute Gasteiger partial charge is 0.325 e. The van der Waals surface area contributed by atoms with Crippen LogP contribution in [0.25, 0.3) is 10.7 Å². The summed E-state index contributed by atoms with van der Waals surface area (Å²) in [5.74, 6) is 0.126. The van der Waals surface area contributed by atoms with Crippen molar-refractivity contribution in [2.75, 3.05) is 0 Å². The summed E-state index contributed by atoms with van der Waals surface area (Å²) in [4.78, 5) is 34.8. The van der Waals surface area contributed by atoms with Crippen LogP contribution in [0.4, 0.5) is 4.79 Å². The van der Waals surface area contributed by atoms with Crippen molar-refractivity contribution in [3.05, 3.63) is 35.5 Å². The molecule has 0 bridgehead atoms. The van der Waals surface area contributed by atoms with E-state index in [-0.39, 0.29) is 24.4 Å². The molecule has 1 saturated heterocycles. The van der Waals surface area contributed by atoms with Crippen LogP contribution < -0.4 is 5.32 Å². The van der Waals surface area contributed by atoms with Gasteiger partial charge in [0.2, 0.25) is 0 Å². The Morgan fingerprint density at radius 1 is 1.39 bits per heavy atom. The van der Waals surface area contributed by atoms with Gasteiger partial charge >= 0.3 is 6.03 Å². The van der Waals surface area contributed by atoms with E-state index < -0.39 is 5.54 Å². The van der Waals surface area contributed by atoms with Crippen molar-refractivity contribution < 1.29 is 9.59 Å². The van der Waals surface area contributed by atoms with Crippen LogP contribution in [0, 0.1) is 5.92 Å². The maximum absolute atomic E-state index is 12.6. The molecule has 1 aliphatic heterocycles. The van der Waals surface area contributed by atoms with Crippen molar-refractivity contribution in [1.29, 1.82) is 0 Å². The highest BCUT2D eigenvalue weighted by atomic mass is 32.1. The van der Waals surface area contributed by atoms with Crippen LogP contribution >= 0.6 is 11.3 Å². The number of amides is 3. The topological polar surface area (TPSA) is 75.2 Å². The number of imide groups is 1. The number of nitrogens with one attached hydrogen (secondary N) is 1. The minimum Gasteiger partial charge on any atom is -0.323 e. The molecule has 23 heavy (non-hydrogen) atoms. The molecule has 0 aromatic carbocycles. The van der Waals surface area contributed by atoms with Crippen molar-refractivity contribution in [2.24, 2.45) is 5.92 Å². The molecular formula is C16H16N4O2S. The number of carbonyl (C=O) groups excluding carboxylic acids is 2. The lowest BCUT2D eigenvalue weighted by Gasteiger charge is -2.20. The molecule has 4 rings (SSSR count). The third kappa shape index (κ3) is 2.41. The van der Waals surface area contributed by atoms with E-state index in [0.717, 1.165) is 23.5 Å². The van der Waals surface area contributed by atoms with Gasteiger partial charge in [-0.05, 0) is 37.8 Å². The Morgan fingerprint density at radius 2 is 2.22 bits per heavy atom. The van der Waals surface area contributed by atoms with Gasteiger partial charge < -0.3 is 5.32 Å². The second kappa shape index (κ2) is 5.13. The maximum Gasteiger partial charge on any atom is 0.325 e. The zero-order chi connectivity index (χ0) is 16.0. The van der Waals surface area contributed by atoms with Crippen LogP contribution in [0.2, 0.25) is 0 Å². The van der Waals surface area contributed by atoms with Gasteiger partial charge in [-0.25, -0.2) is 9.78 Å². The molecule has 6 nitrogen and oxygen atoms in total. The normalized spacial score (nSPS) is 24.1. The number of pyridine rings is 1. The average molecular weight is 328 g/mol. The first kappa shape index (κ1) is 14.3. The summed E-state index contributed by atoms with van der Waals surface area (Å²) in [6.07, 6.45) is 3.71. The van der Waals surface area contributed by atoms with Gasteiger partial charge in [0.05, 0.1) is 17.9 Å². The van der Waals surface area contributed by atoms with E-state index in [1.165, 1.54) is 16.2 Å². The Labute approximate surface area is 137 Å². The summed E-state index contributed by atoms with van der Waals surface area (Å²) in [5, 5.41) is 5.51. The number of thiazole rings is 1. The molecule has 1 aliphatic carbocycles. The fraction of sp³-hybridized carbons (Fsp3) is 0.375. The summed E-state index contributed by atoms with van der Waals surface area (Å²) in [7, 11) is 0. The smallest absolute Gasteiger partial charge is 0.323 e. The molecule has 2 fully saturated rings. The van der Waals surface area contributed by atoms with Crippen LogP contribution in [-0.2, 0) is 11.3 Å². The van der Waals surface area contributed by atoms with Crippen molar-refractivity contribution in [3.63, 3.8) is 0 Å². The highest BCUT2D eigenvalue weighted by molar-refractivity contribution is 7.13. The monoisotopic (exact) mass is 328 g/mol. The standard InChI is InChI=1S/C16H16N4O2S/c1-16(10-5-6-10)14(21)20(15(22)19-16)8-11-9-23-13(18-11)12-4-2-3-7-17-12/h2-4,7,9-10H,5-6,8H2,1H3,(H,19,22)/t16-/m1/s1. The highest BCUT2D eigenvalue weighted by Crippen LogP contribution is 2.42. The van der Waals surface area contributed by atoms with E-state index >= 15 is 0 Å². The lowest BCUT2D eigenvalue weighted by atomic mass is 9.96. The molecule has 1 atom stereocenters. The molecule has 2 aromatic rings. The molecule has 0 unspecified atom stereocenters. The van der Waals surface area contributed by atoms with Gasteiger partial charge in [-0.1, -0.05) is 6.07 Å². The van der Waals surface area contributed by atoms with E-state index in [2.05, 4.69) is 15.3 Å². The van der Waals surface area contributed by atoms with Gasteiger partial charge in [0, 0.05) is 11.6 Å². The van der Waals surface area contributed by atoms with Crippen molar-refractivity contribution in [2.45, 2.75) is 31.8 Å². The number of aromatic nitrogens is 2. The van der Waals surface area contributed by atoms with Crippen LogP contribution in [0.5, 0.6) is 0 Å². The minimum absolute atomic E-state index is 0.141. The Bertz CT molecular complexity index is 771. The third-order valence-corrected chi connectivity index (χ3v) is 5.36. The fourth-order valence-corrected chi connectivity index (χ4v) is 3.73. The minimum atomic E-state index is -0.739. The van der Waals surface area contributed by atoms with E-state index in [4.69, 9.17) is 0 Å². The lowest BCUT2D eigenvalue weighted by molar-refractivity contribution is -0.131. The van der Waals surface area contributed by atoms with Gasteiger partial charge in [-0.2, -0.15) is 0 Å². The van der Waals surface area contributed by atoms with E-state index in [1.54, 1.807) is 6.20 Å². The Hall–Kier alpha value is -2.28. The summed E-state index contributed by atoms with van der Waals surface area (Å²) in [5.41, 5.74) is 0.764. The molecule has 1 saturated carbocycles. The third-order valence-electron chi connectivity index (χ3n) is 4.45. The van der Waals surface area contributed by atoms with Crippen LogP contribution in [0.1, 0.15) is 25.5 Å². The molecule has 7 heteroatoms. The number of rotatable bonds is 4. The molecule has 0 spiro atoms. The predicted octanol–water partition coefficient (Wildman–Crippen LogP) is 2.43. The quantitative estimate of drug-likeness (QED) is 0.875. The molecule has 0 radical (unpaired) electrons. The van der Waals surface area contributed by atoms with Crippen molar-refractivity contribution >= 4 is 23.3 Å². The number of carbonyl (C=O) groups is 2. The Balaban J connectivity index is 1.54. The summed E-state index contributed by atoms with van der Waals surface area (Å²) in [6.45, 7) is 2.03. The molecule has 3 heterocycles. The van der Waals surface area contributed by atoms with Crippen molar-refractivity contribution in [3.8, 4) is 10.7 Å². The van der Waals surface area contributed by atoms with Gasteiger partial charge in [0.1, 0.15) is 10.5 Å². The van der Waals surface area contributed by atoms with Gasteiger partial charge in [-0.3, -0.25) is 14.7 Å². The first-order valence-corrected chi connectivity index (χ1v) is 8.46.